The predicted octanol–water partition coefficient (Wildman–Crippen LogP) is 3.51. The lowest BCUT2D eigenvalue weighted by molar-refractivity contribution is 1.38. The lowest BCUT2D eigenvalue weighted by Crippen LogP contribution is -1.95. The fourth-order valence-electron chi connectivity index (χ4n) is 1.90. The maximum atomic E-state index is 5.89. The Morgan fingerprint density at radius 3 is 2.56 bits per heavy atom. The number of nitrogens with zero attached hydrogens (tertiary/aromatic N) is 1. The SMILES string of the molecule is Nc1ccccc1Nc1cc2cccccc-2n1. The third-order valence-corrected chi connectivity index (χ3v) is 2.80. The Bertz CT molecular complexity index is 618. The summed E-state index contributed by atoms with van der Waals surface area (Å²) >= 11 is 0. The Morgan fingerprint density at radius 2 is 1.67 bits per heavy atom. The van der Waals surface area contributed by atoms with Crippen molar-refractivity contribution in [1.82, 2.24) is 4.98 Å². The number of nitrogens with one attached hydrogen (secondary N) is 1. The molecule has 1 aromatic carbocycles. The van der Waals surface area contributed by atoms with Crippen molar-refractivity contribution >= 4 is 17.2 Å². The van der Waals surface area contributed by atoms with Crippen LogP contribution in [0.4, 0.5) is 17.2 Å². The van der Waals surface area contributed by atoms with Crippen LogP contribution < -0.4 is 11.1 Å². The Balaban J connectivity index is 1.97. The number of nitrogen functional groups attached to an aromatic ring is 1. The molecule has 0 fully saturated rings. The maximum Gasteiger partial charge on any atom is 0.131 e. The lowest BCUT2D eigenvalue weighted by Gasteiger charge is -2.05. The predicted molar refractivity (Wildman–Crippen MR) is 75.0 cm³/mol. The van der Waals surface area contributed by atoms with Crippen LogP contribution in [0.5, 0.6) is 0 Å². The van der Waals surface area contributed by atoms with Crippen LogP contribution in [0.25, 0.3) is 11.3 Å². The van der Waals surface area contributed by atoms with Gasteiger partial charge in [-0.3, -0.25) is 0 Å². The van der Waals surface area contributed by atoms with Crippen molar-refractivity contribution in [2.75, 3.05) is 11.1 Å². The molecule has 0 unspecified atom stereocenters. The van der Waals surface area contributed by atoms with Gasteiger partial charge >= 0.3 is 0 Å². The number of fused-ring (bicyclic) bond motifs is 1. The molecule has 1 aromatic rings. The highest BCUT2D eigenvalue weighted by Gasteiger charge is 2.07. The van der Waals surface area contributed by atoms with Gasteiger partial charge in [-0.05, 0) is 24.3 Å². The number of hydrogen-bond donors (Lipinski definition) is 2. The summed E-state index contributed by atoms with van der Waals surface area (Å²) in [5.41, 5.74) is 9.57. The van der Waals surface area contributed by atoms with Crippen molar-refractivity contribution in [3.8, 4) is 11.3 Å². The molecule has 0 saturated heterocycles. The fourth-order valence-corrected chi connectivity index (χ4v) is 1.90. The van der Waals surface area contributed by atoms with Crippen LogP contribution in [0, 0.1) is 0 Å². The molecule has 3 rings (SSSR count). The van der Waals surface area contributed by atoms with Gasteiger partial charge in [0.25, 0.3) is 0 Å². The number of rotatable bonds is 2. The molecule has 0 atom stereocenters. The molecule has 3 nitrogen and oxygen atoms in total. The normalized spacial score (nSPS) is 10.4. The second-order valence-corrected chi connectivity index (χ2v) is 4.10. The zero-order valence-corrected chi connectivity index (χ0v) is 9.80. The van der Waals surface area contributed by atoms with Crippen LogP contribution >= 0.6 is 0 Å². The van der Waals surface area contributed by atoms with E-state index in [1.54, 1.807) is 0 Å². The van der Waals surface area contributed by atoms with E-state index < -0.39 is 0 Å². The summed E-state index contributed by atoms with van der Waals surface area (Å²) in [6.07, 6.45) is 0. The standard InChI is InChI=1S/C15H13N3/c16-12-7-4-5-9-14(12)18-15-10-11-6-2-1-3-8-13(11)17-15/h1-10H,16H2,(H,17,18). The smallest absolute Gasteiger partial charge is 0.131 e. The van der Waals surface area contributed by atoms with Crippen LogP contribution in [0.15, 0.2) is 60.7 Å². The number of anilines is 3. The van der Waals surface area contributed by atoms with E-state index in [-0.39, 0.29) is 0 Å². The van der Waals surface area contributed by atoms with Crippen molar-refractivity contribution in [3.63, 3.8) is 0 Å². The van der Waals surface area contributed by atoms with Crippen LogP contribution in [-0.2, 0) is 0 Å². The average molecular weight is 235 g/mol. The number of nitrogens with two attached hydrogens (primary N) is 1. The van der Waals surface area contributed by atoms with Crippen molar-refractivity contribution in [2.45, 2.75) is 0 Å². The lowest BCUT2D eigenvalue weighted by atomic mass is 10.2. The van der Waals surface area contributed by atoms with Gasteiger partial charge < -0.3 is 11.1 Å². The van der Waals surface area contributed by atoms with Gasteiger partial charge in [-0.2, -0.15) is 0 Å². The molecule has 3 heteroatoms. The zero-order valence-electron chi connectivity index (χ0n) is 9.80. The number of benzene rings is 1. The highest BCUT2D eigenvalue weighted by molar-refractivity contribution is 5.75. The molecule has 0 amide bonds. The highest BCUT2D eigenvalue weighted by atomic mass is 15.0. The van der Waals surface area contributed by atoms with Gasteiger partial charge in [0, 0.05) is 5.56 Å². The molecule has 0 spiro atoms. The summed E-state index contributed by atoms with van der Waals surface area (Å²) in [4.78, 5) is 4.52. The molecule has 1 heterocycles. The van der Waals surface area contributed by atoms with E-state index in [1.807, 2.05) is 60.7 Å². The molecule has 0 radical (unpaired) electrons. The summed E-state index contributed by atoms with van der Waals surface area (Å²) in [6, 6.07) is 19.7. The Hall–Kier alpha value is -2.55. The van der Waals surface area contributed by atoms with Crippen molar-refractivity contribution in [3.05, 3.63) is 60.7 Å². The molecule has 0 saturated carbocycles. The van der Waals surface area contributed by atoms with E-state index in [4.69, 9.17) is 5.73 Å². The van der Waals surface area contributed by atoms with Crippen LogP contribution in [0.3, 0.4) is 0 Å². The minimum atomic E-state index is 0.718. The summed E-state index contributed by atoms with van der Waals surface area (Å²) in [5.74, 6) is 0.814. The molecular weight excluding hydrogens is 222 g/mol. The minimum absolute atomic E-state index is 0.718. The van der Waals surface area contributed by atoms with Gasteiger partial charge in [-0.15, -0.1) is 0 Å². The first kappa shape index (κ1) is 10.6. The fraction of sp³-hybridized carbons (Fsp3) is 0. The first-order valence-electron chi connectivity index (χ1n) is 5.80. The highest BCUT2D eigenvalue weighted by Crippen LogP contribution is 2.27. The summed E-state index contributed by atoms with van der Waals surface area (Å²) < 4.78 is 0. The van der Waals surface area contributed by atoms with Gasteiger partial charge in [-0.25, -0.2) is 4.98 Å². The van der Waals surface area contributed by atoms with E-state index in [0.717, 1.165) is 28.5 Å². The monoisotopic (exact) mass is 235 g/mol. The average Bonchev–Trinajstić information content (AvgIpc) is 2.62. The molecule has 3 N–H and O–H groups in total. The molecule has 88 valence electrons. The number of hydrogen-bond acceptors (Lipinski definition) is 3. The van der Waals surface area contributed by atoms with E-state index in [0.29, 0.717) is 0 Å². The second kappa shape index (κ2) is 4.37. The van der Waals surface area contributed by atoms with Crippen molar-refractivity contribution < 1.29 is 0 Å². The molecular formula is C15H13N3. The molecule has 0 bridgehead atoms. The Kier molecular flexibility index (Phi) is 2.57. The molecule has 18 heavy (non-hydrogen) atoms. The topological polar surface area (TPSA) is 50.9 Å². The summed E-state index contributed by atoms with van der Waals surface area (Å²) in [6.45, 7) is 0. The van der Waals surface area contributed by atoms with Gasteiger partial charge in [0.05, 0.1) is 17.1 Å². The van der Waals surface area contributed by atoms with Gasteiger partial charge in [-0.1, -0.05) is 36.4 Å². The zero-order chi connectivity index (χ0) is 12.4. The van der Waals surface area contributed by atoms with E-state index in [2.05, 4.69) is 10.3 Å². The molecule has 1 aliphatic heterocycles. The van der Waals surface area contributed by atoms with Crippen LogP contribution in [-0.4, -0.2) is 4.98 Å². The number of para-hydroxylation sites is 2. The Labute approximate surface area is 106 Å². The van der Waals surface area contributed by atoms with E-state index in [1.165, 1.54) is 0 Å². The van der Waals surface area contributed by atoms with Gasteiger partial charge in [0.15, 0.2) is 0 Å². The number of aromatic nitrogens is 1. The third-order valence-electron chi connectivity index (χ3n) is 2.80. The van der Waals surface area contributed by atoms with Gasteiger partial charge in [0.2, 0.25) is 0 Å². The molecule has 2 aliphatic rings. The van der Waals surface area contributed by atoms with Crippen LogP contribution in [0.1, 0.15) is 0 Å². The van der Waals surface area contributed by atoms with Crippen LogP contribution in [0.2, 0.25) is 0 Å². The van der Waals surface area contributed by atoms with Gasteiger partial charge in [0.1, 0.15) is 5.82 Å². The van der Waals surface area contributed by atoms with E-state index >= 15 is 0 Å². The quantitative estimate of drug-likeness (QED) is 0.668. The van der Waals surface area contributed by atoms with Crippen molar-refractivity contribution in [2.24, 2.45) is 0 Å². The Morgan fingerprint density at radius 1 is 0.889 bits per heavy atom. The third kappa shape index (κ3) is 1.98. The second-order valence-electron chi connectivity index (χ2n) is 4.10. The first-order valence-corrected chi connectivity index (χ1v) is 5.80. The maximum absolute atomic E-state index is 5.89. The van der Waals surface area contributed by atoms with Crippen molar-refractivity contribution in [1.29, 1.82) is 0 Å². The summed E-state index contributed by atoms with van der Waals surface area (Å²) in [7, 11) is 0. The minimum Gasteiger partial charge on any atom is -0.397 e. The first-order chi connectivity index (χ1) is 8.83. The molecule has 0 aromatic heterocycles. The molecule has 1 aliphatic carbocycles. The summed E-state index contributed by atoms with van der Waals surface area (Å²) in [5, 5.41) is 3.24. The van der Waals surface area contributed by atoms with E-state index in [9.17, 15) is 0 Å². The largest absolute Gasteiger partial charge is 0.397 e.